The smallest absolute Gasteiger partial charge is 0.295 e. The fourth-order valence-corrected chi connectivity index (χ4v) is 3.37. The van der Waals surface area contributed by atoms with E-state index in [0.717, 1.165) is 10.0 Å². The summed E-state index contributed by atoms with van der Waals surface area (Å²) in [4.78, 5) is 0. The summed E-state index contributed by atoms with van der Waals surface area (Å²) in [6.07, 6.45) is 0. The van der Waals surface area contributed by atoms with E-state index in [4.69, 9.17) is 4.42 Å². The van der Waals surface area contributed by atoms with E-state index >= 15 is 0 Å². The molecule has 20 heavy (non-hydrogen) atoms. The number of hydrogen-bond donors (Lipinski definition) is 2. The number of sulfonamides is 1. The lowest BCUT2D eigenvalue weighted by molar-refractivity contribution is 0.408. The number of rotatable bonds is 5. The Morgan fingerprint density at radius 1 is 1.25 bits per heavy atom. The molecule has 0 radical (unpaired) electrons. The van der Waals surface area contributed by atoms with Crippen molar-refractivity contribution in [3.63, 3.8) is 0 Å². The highest BCUT2D eigenvalue weighted by molar-refractivity contribution is 9.10. The van der Waals surface area contributed by atoms with Crippen LogP contribution in [0.15, 0.2) is 44.3 Å². The Hall–Kier alpha value is -1.31. The Labute approximate surface area is 126 Å². The minimum Gasteiger partial charge on any atom is -0.446 e. The SMILES string of the molecule is CNCc1ccc(S(=O)(=O)Nc2cc(C)cc(Br)c2)o1. The van der Waals surface area contributed by atoms with Crippen molar-refractivity contribution in [3.8, 4) is 0 Å². The Morgan fingerprint density at radius 2 is 2.00 bits per heavy atom. The monoisotopic (exact) mass is 358 g/mol. The van der Waals surface area contributed by atoms with Crippen LogP contribution in [0.3, 0.4) is 0 Å². The molecule has 108 valence electrons. The summed E-state index contributed by atoms with van der Waals surface area (Å²) in [6.45, 7) is 2.37. The van der Waals surface area contributed by atoms with Crippen LogP contribution in [0.1, 0.15) is 11.3 Å². The predicted octanol–water partition coefficient (Wildman–Crippen LogP) is 2.87. The second-order valence-corrected chi connectivity index (χ2v) is 6.90. The fraction of sp³-hybridized carbons (Fsp3) is 0.231. The molecular weight excluding hydrogens is 344 g/mol. The summed E-state index contributed by atoms with van der Waals surface area (Å²) in [5.74, 6) is 0.568. The zero-order valence-electron chi connectivity index (χ0n) is 11.1. The number of nitrogens with one attached hydrogen (secondary N) is 2. The van der Waals surface area contributed by atoms with E-state index in [-0.39, 0.29) is 5.09 Å². The van der Waals surface area contributed by atoms with Gasteiger partial charge in [0.05, 0.1) is 12.2 Å². The molecule has 2 aromatic rings. The highest BCUT2D eigenvalue weighted by Gasteiger charge is 2.19. The third-order valence-electron chi connectivity index (χ3n) is 2.55. The summed E-state index contributed by atoms with van der Waals surface area (Å²) in [5, 5.41) is 2.80. The molecule has 0 aliphatic heterocycles. The minimum absolute atomic E-state index is 0.0969. The van der Waals surface area contributed by atoms with Gasteiger partial charge in [0.1, 0.15) is 5.76 Å². The van der Waals surface area contributed by atoms with Gasteiger partial charge in [-0.3, -0.25) is 4.72 Å². The lowest BCUT2D eigenvalue weighted by atomic mass is 10.2. The molecule has 5 nitrogen and oxygen atoms in total. The Morgan fingerprint density at radius 3 is 2.65 bits per heavy atom. The fourth-order valence-electron chi connectivity index (χ4n) is 1.77. The van der Waals surface area contributed by atoms with Gasteiger partial charge in [0.15, 0.2) is 0 Å². The van der Waals surface area contributed by atoms with Crippen LogP contribution in [0, 0.1) is 6.92 Å². The van der Waals surface area contributed by atoms with Gasteiger partial charge in [-0.05, 0) is 49.9 Å². The van der Waals surface area contributed by atoms with Crippen molar-refractivity contribution in [2.24, 2.45) is 0 Å². The van der Waals surface area contributed by atoms with Crippen molar-refractivity contribution in [1.82, 2.24) is 5.32 Å². The third kappa shape index (κ3) is 3.62. The van der Waals surface area contributed by atoms with Gasteiger partial charge >= 0.3 is 0 Å². The van der Waals surface area contributed by atoms with Crippen LogP contribution in [0.25, 0.3) is 0 Å². The molecule has 1 aromatic carbocycles. The molecule has 0 saturated heterocycles. The molecule has 0 saturated carbocycles. The van der Waals surface area contributed by atoms with Gasteiger partial charge in [0, 0.05) is 4.47 Å². The van der Waals surface area contributed by atoms with Gasteiger partial charge in [-0.15, -0.1) is 0 Å². The van der Waals surface area contributed by atoms with Crippen molar-refractivity contribution in [2.45, 2.75) is 18.6 Å². The summed E-state index contributed by atoms with van der Waals surface area (Å²) < 4.78 is 33.0. The molecule has 0 bridgehead atoms. The van der Waals surface area contributed by atoms with Crippen molar-refractivity contribution in [2.75, 3.05) is 11.8 Å². The number of benzene rings is 1. The second kappa shape index (κ2) is 5.99. The van der Waals surface area contributed by atoms with Crippen LogP contribution in [0.2, 0.25) is 0 Å². The molecule has 7 heteroatoms. The summed E-state index contributed by atoms with van der Waals surface area (Å²) >= 11 is 3.33. The van der Waals surface area contributed by atoms with Crippen LogP contribution in [0.5, 0.6) is 0 Å². The molecular formula is C13H15BrN2O3S. The van der Waals surface area contributed by atoms with Crippen LogP contribution < -0.4 is 10.0 Å². The molecule has 0 aliphatic rings. The van der Waals surface area contributed by atoms with Gasteiger partial charge in [-0.2, -0.15) is 8.42 Å². The first kappa shape index (κ1) is 15.1. The maximum atomic E-state index is 12.2. The van der Waals surface area contributed by atoms with Crippen molar-refractivity contribution in [1.29, 1.82) is 0 Å². The lowest BCUT2D eigenvalue weighted by Crippen LogP contribution is -2.12. The highest BCUT2D eigenvalue weighted by Crippen LogP contribution is 2.23. The van der Waals surface area contributed by atoms with Crippen LogP contribution in [-0.2, 0) is 16.6 Å². The van der Waals surface area contributed by atoms with Crippen molar-refractivity contribution >= 4 is 31.6 Å². The molecule has 0 amide bonds. The zero-order chi connectivity index (χ0) is 14.8. The van der Waals surface area contributed by atoms with E-state index in [1.807, 2.05) is 13.0 Å². The Bertz CT molecular complexity index is 690. The largest absolute Gasteiger partial charge is 0.446 e. The average Bonchev–Trinajstić information content (AvgIpc) is 2.76. The number of hydrogen-bond acceptors (Lipinski definition) is 4. The molecule has 0 unspecified atom stereocenters. The third-order valence-corrected chi connectivity index (χ3v) is 4.26. The maximum absolute atomic E-state index is 12.2. The standard InChI is InChI=1S/C13H15BrN2O3S/c1-9-5-10(14)7-11(6-9)16-20(17,18)13-4-3-12(19-13)8-15-2/h3-7,15-16H,8H2,1-2H3. The quantitative estimate of drug-likeness (QED) is 0.861. The molecule has 1 heterocycles. The number of anilines is 1. The highest BCUT2D eigenvalue weighted by atomic mass is 79.9. The topological polar surface area (TPSA) is 71.3 Å². The molecule has 0 fully saturated rings. The van der Waals surface area contributed by atoms with E-state index in [0.29, 0.717) is 18.0 Å². The lowest BCUT2D eigenvalue weighted by Gasteiger charge is -2.07. The van der Waals surface area contributed by atoms with Gasteiger partial charge in [0.25, 0.3) is 10.0 Å². The van der Waals surface area contributed by atoms with Crippen LogP contribution >= 0.6 is 15.9 Å². The zero-order valence-corrected chi connectivity index (χ0v) is 13.5. The normalized spacial score (nSPS) is 11.6. The first-order chi connectivity index (χ1) is 9.40. The Kier molecular flexibility index (Phi) is 4.52. The first-order valence-corrected chi connectivity index (χ1v) is 8.21. The maximum Gasteiger partial charge on any atom is 0.295 e. The second-order valence-electron chi connectivity index (χ2n) is 4.37. The molecule has 2 rings (SSSR count). The first-order valence-electron chi connectivity index (χ1n) is 5.94. The van der Waals surface area contributed by atoms with Gasteiger partial charge in [-0.1, -0.05) is 15.9 Å². The van der Waals surface area contributed by atoms with E-state index in [1.165, 1.54) is 6.07 Å². The average molecular weight is 359 g/mol. The summed E-state index contributed by atoms with van der Waals surface area (Å²) in [6, 6.07) is 8.43. The molecule has 0 spiro atoms. The van der Waals surface area contributed by atoms with E-state index in [1.54, 1.807) is 25.2 Å². The van der Waals surface area contributed by atoms with E-state index in [9.17, 15) is 8.42 Å². The minimum atomic E-state index is -3.71. The van der Waals surface area contributed by atoms with Crippen molar-refractivity contribution in [3.05, 3.63) is 46.1 Å². The predicted molar refractivity (Wildman–Crippen MR) is 81.2 cm³/mol. The van der Waals surface area contributed by atoms with E-state index in [2.05, 4.69) is 26.0 Å². The number of aryl methyl sites for hydroxylation is 1. The Balaban J connectivity index is 2.25. The number of halogens is 1. The van der Waals surface area contributed by atoms with Gasteiger partial charge in [-0.25, -0.2) is 0 Å². The molecule has 0 atom stereocenters. The van der Waals surface area contributed by atoms with Crippen LogP contribution in [-0.4, -0.2) is 15.5 Å². The molecule has 0 aliphatic carbocycles. The van der Waals surface area contributed by atoms with Gasteiger partial charge < -0.3 is 9.73 Å². The summed E-state index contributed by atoms with van der Waals surface area (Å²) in [7, 11) is -1.95. The molecule has 2 N–H and O–H groups in total. The number of furan rings is 1. The van der Waals surface area contributed by atoms with Crippen LogP contribution in [0.4, 0.5) is 5.69 Å². The molecule has 1 aromatic heterocycles. The van der Waals surface area contributed by atoms with E-state index < -0.39 is 10.0 Å². The summed E-state index contributed by atoms with van der Waals surface area (Å²) in [5.41, 5.74) is 1.44. The van der Waals surface area contributed by atoms with Crippen molar-refractivity contribution < 1.29 is 12.8 Å². The van der Waals surface area contributed by atoms with Gasteiger partial charge in [0.2, 0.25) is 5.09 Å².